The van der Waals surface area contributed by atoms with Gasteiger partial charge in [0, 0.05) is 6.04 Å². The van der Waals surface area contributed by atoms with E-state index in [4.69, 9.17) is 15.2 Å². The van der Waals surface area contributed by atoms with Gasteiger partial charge in [-0.15, -0.1) is 0 Å². The van der Waals surface area contributed by atoms with Crippen molar-refractivity contribution in [1.29, 1.82) is 0 Å². The summed E-state index contributed by atoms with van der Waals surface area (Å²) in [6.07, 6.45) is 0.877. The Hall–Kier alpha value is -1.22. The Morgan fingerprint density at radius 2 is 1.87 bits per heavy atom. The third-order valence-corrected chi connectivity index (χ3v) is 2.54. The average molecular weight is 207 g/mol. The van der Waals surface area contributed by atoms with Gasteiger partial charge in [-0.2, -0.15) is 0 Å². The molecule has 1 aromatic rings. The Bertz CT molecular complexity index is 361. The number of nitrogens with two attached hydrogens (primary N) is 1. The zero-order chi connectivity index (χ0) is 10.8. The molecule has 1 heterocycles. The van der Waals surface area contributed by atoms with Crippen LogP contribution < -0.4 is 15.2 Å². The minimum atomic E-state index is 0.172. The molecular weight excluding hydrogens is 190 g/mol. The van der Waals surface area contributed by atoms with Crippen LogP contribution in [0.5, 0.6) is 11.5 Å². The monoisotopic (exact) mass is 207 g/mol. The lowest BCUT2D eigenvalue weighted by Crippen LogP contribution is -2.19. The highest BCUT2D eigenvalue weighted by atomic mass is 16.6. The lowest BCUT2D eigenvalue weighted by Gasteiger charge is -2.20. The number of hydrogen-bond acceptors (Lipinski definition) is 3. The smallest absolute Gasteiger partial charge is 0.161 e. The van der Waals surface area contributed by atoms with E-state index in [9.17, 15) is 0 Å². The van der Waals surface area contributed by atoms with Gasteiger partial charge >= 0.3 is 0 Å². The predicted octanol–water partition coefficient (Wildman–Crippen LogP) is 1.66. The first-order valence-corrected chi connectivity index (χ1v) is 5.31. The van der Waals surface area contributed by atoms with Gasteiger partial charge in [-0.1, -0.05) is 0 Å². The lowest BCUT2D eigenvalue weighted by atomic mass is 10.0. The van der Waals surface area contributed by atoms with E-state index >= 15 is 0 Å². The molecule has 0 aromatic heterocycles. The molecule has 15 heavy (non-hydrogen) atoms. The SMILES string of the molecule is Cc1cc2c(cc1CC(C)N)OCCO2. The van der Waals surface area contributed by atoms with Crippen molar-refractivity contribution >= 4 is 0 Å². The minimum Gasteiger partial charge on any atom is -0.486 e. The summed E-state index contributed by atoms with van der Waals surface area (Å²) < 4.78 is 11.0. The summed E-state index contributed by atoms with van der Waals surface area (Å²) in [5.74, 6) is 1.70. The molecule has 2 rings (SSSR count). The predicted molar refractivity (Wildman–Crippen MR) is 59.5 cm³/mol. The number of fused-ring (bicyclic) bond motifs is 1. The number of aryl methyl sites for hydroxylation is 1. The second-order valence-corrected chi connectivity index (χ2v) is 4.10. The Balaban J connectivity index is 2.32. The zero-order valence-corrected chi connectivity index (χ0v) is 9.25. The van der Waals surface area contributed by atoms with Crippen LogP contribution in [0.2, 0.25) is 0 Å². The molecule has 1 atom stereocenters. The molecule has 3 heteroatoms. The van der Waals surface area contributed by atoms with Crippen LogP contribution in [-0.4, -0.2) is 19.3 Å². The van der Waals surface area contributed by atoms with Gasteiger partial charge in [0.25, 0.3) is 0 Å². The molecule has 1 unspecified atom stereocenters. The second kappa shape index (κ2) is 4.11. The molecular formula is C12H17NO2. The maximum Gasteiger partial charge on any atom is 0.161 e. The van der Waals surface area contributed by atoms with Crippen LogP contribution in [0.25, 0.3) is 0 Å². The molecule has 0 radical (unpaired) electrons. The molecule has 1 aliphatic heterocycles. The number of rotatable bonds is 2. The molecule has 0 bridgehead atoms. The van der Waals surface area contributed by atoms with Gasteiger partial charge in [0.05, 0.1) is 0 Å². The summed E-state index contributed by atoms with van der Waals surface area (Å²) in [5, 5.41) is 0. The molecule has 2 N–H and O–H groups in total. The molecule has 82 valence electrons. The van der Waals surface area contributed by atoms with Gasteiger partial charge in [-0.3, -0.25) is 0 Å². The summed E-state index contributed by atoms with van der Waals surface area (Å²) in [6.45, 7) is 5.36. The normalized spacial score (nSPS) is 16.2. The van der Waals surface area contributed by atoms with Gasteiger partial charge in [-0.05, 0) is 43.5 Å². The highest BCUT2D eigenvalue weighted by Crippen LogP contribution is 2.33. The standard InChI is InChI=1S/C12H17NO2/c1-8-5-11-12(15-4-3-14-11)7-10(8)6-9(2)13/h5,7,9H,3-4,6,13H2,1-2H3. The third kappa shape index (κ3) is 2.23. The summed E-state index contributed by atoms with van der Waals surface area (Å²) in [6, 6.07) is 4.26. The Labute approximate surface area is 90.2 Å². The van der Waals surface area contributed by atoms with E-state index in [2.05, 4.69) is 6.92 Å². The van der Waals surface area contributed by atoms with Crippen molar-refractivity contribution in [2.45, 2.75) is 26.3 Å². The van der Waals surface area contributed by atoms with Gasteiger partial charge in [0.2, 0.25) is 0 Å². The van der Waals surface area contributed by atoms with Crippen LogP contribution in [0.15, 0.2) is 12.1 Å². The molecule has 0 aliphatic carbocycles. The molecule has 0 fully saturated rings. The van der Waals surface area contributed by atoms with E-state index in [1.165, 1.54) is 11.1 Å². The molecule has 0 saturated carbocycles. The van der Waals surface area contributed by atoms with E-state index in [-0.39, 0.29) is 6.04 Å². The van der Waals surface area contributed by atoms with Crippen molar-refractivity contribution in [3.8, 4) is 11.5 Å². The fraction of sp³-hybridized carbons (Fsp3) is 0.500. The molecule has 0 spiro atoms. The quantitative estimate of drug-likeness (QED) is 0.802. The van der Waals surface area contributed by atoms with Gasteiger partial charge < -0.3 is 15.2 Å². The topological polar surface area (TPSA) is 44.5 Å². The van der Waals surface area contributed by atoms with E-state index in [1.54, 1.807) is 0 Å². The fourth-order valence-electron chi connectivity index (χ4n) is 1.80. The summed E-state index contributed by atoms with van der Waals surface area (Å²) >= 11 is 0. The number of hydrogen-bond donors (Lipinski definition) is 1. The fourth-order valence-corrected chi connectivity index (χ4v) is 1.80. The Morgan fingerprint density at radius 3 is 2.47 bits per heavy atom. The third-order valence-electron chi connectivity index (χ3n) is 2.54. The van der Waals surface area contributed by atoms with Gasteiger partial charge in [0.1, 0.15) is 13.2 Å². The van der Waals surface area contributed by atoms with Crippen LogP contribution in [-0.2, 0) is 6.42 Å². The highest BCUT2D eigenvalue weighted by molar-refractivity contribution is 5.47. The largest absolute Gasteiger partial charge is 0.486 e. The number of benzene rings is 1. The van der Waals surface area contributed by atoms with Crippen LogP contribution in [0.4, 0.5) is 0 Å². The lowest BCUT2D eigenvalue weighted by molar-refractivity contribution is 0.171. The van der Waals surface area contributed by atoms with Crippen molar-refractivity contribution < 1.29 is 9.47 Å². The molecule has 1 aromatic carbocycles. The van der Waals surface area contributed by atoms with Crippen LogP contribution in [0.3, 0.4) is 0 Å². The minimum absolute atomic E-state index is 0.172. The van der Waals surface area contributed by atoms with E-state index in [0.29, 0.717) is 13.2 Å². The Kier molecular flexibility index (Phi) is 2.82. The maximum absolute atomic E-state index is 5.80. The van der Waals surface area contributed by atoms with Gasteiger partial charge in [-0.25, -0.2) is 0 Å². The van der Waals surface area contributed by atoms with Crippen LogP contribution in [0.1, 0.15) is 18.1 Å². The molecule has 0 amide bonds. The summed E-state index contributed by atoms with van der Waals surface area (Å²) in [7, 11) is 0. The van der Waals surface area contributed by atoms with Crippen LogP contribution >= 0.6 is 0 Å². The second-order valence-electron chi connectivity index (χ2n) is 4.10. The number of ether oxygens (including phenoxy) is 2. The van der Waals surface area contributed by atoms with Crippen molar-refractivity contribution in [3.63, 3.8) is 0 Å². The van der Waals surface area contributed by atoms with Crippen molar-refractivity contribution in [3.05, 3.63) is 23.3 Å². The zero-order valence-electron chi connectivity index (χ0n) is 9.25. The first-order valence-electron chi connectivity index (χ1n) is 5.31. The van der Waals surface area contributed by atoms with E-state index < -0.39 is 0 Å². The molecule has 3 nitrogen and oxygen atoms in total. The summed E-state index contributed by atoms with van der Waals surface area (Å²) in [4.78, 5) is 0. The first-order chi connectivity index (χ1) is 7.16. The van der Waals surface area contributed by atoms with Crippen LogP contribution in [0, 0.1) is 6.92 Å². The van der Waals surface area contributed by atoms with E-state index in [0.717, 1.165) is 17.9 Å². The van der Waals surface area contributed by atoms with Crippen molar-refractivity contribution in [2.75, 3.05) is 13.2 Å². The Morgan fingerprint density at radius 1 is 1.27 bits per heavy atom. The van der Waals surface area contributed by atoms with Crippen molar-refractivity contribution in [2.24, 2.45) is 5.73 Å². The maximum atomic E-state index is 5.80. The van der Waals surface area contributed by atoms with Crippen molar-refractivity contribution in [1.82, 2.24) is 0 Å². The first kappa shape index (κ1) is 10.3. The summed E-state index contributed by atoms with van der Waals surface area (Å²) in [5.41, 5.74) is 8.26. The highest BCUT2D eigenvalue weighted by Gasteiger charge is 2.14. The van der Waals surface area contributed by atoms with E-state index in [1.807, 2.05) is 19.1 Å². The molecule has 0 saturated heterocycles. The molecule has 1 aliphatic rings. The van der Waals surface area contributed by atoms with Gasteiger partial charge in [0.15, 0.2) is 11.5 Å². The average Bonchev–Trinajstić information content (AvgIpc) is 2.18.